The van der Waals surface area contributed by atoms with E-state index in [0.29, 0.717) is 27.9 Å². The molecule has 2 aromatic rings. The number of rotatable bonds is 4. The number of halogens is 3. The molecule has 0 saturated carbocycles. The number of aryl methyl sites for hydroxylation is 1. The molecule has 2 rings (SSSR count). The van der Waals surface area contributed by atoms with Crippen molar-refractivity contribution in [3.63, 3.8) is 0 Å². The Balaban J connectivity index is 2.07. The average molecular weight is 328 g/mol. The second kappa shape index (κ2) is 6.62. The van der Waals surface area contributed by atoms with Gasteiger partial charge >= 0.3 is 0 Å². The Hall–Kier alpha value is -1.02. The number of carbonyl (C=O) groups excluding carboxylic acids is 1. The van der Waals surface area contributed by atoms with Gasteiger partial charge in [0.25, 0.3) is 0 Å². The number of ketones is 1. The Labute approximate surface area is 133 Å². The summed E-state index contributed by atoms with van der Waals surface area (Å²) >= 11 is 17.9. The summed E-state index contributed by atoms with van der Waals surface area (Å²) in [6.07, 6.45) is 0.639. The lowest BCUT2D eigenvalue weighted by Gasteiger charge is -2.06. The number of hydrogen-bond acceptors (Lipinski definition) is 1. The molecule has 0 atom stereocenters. The third-order valence-electron chi connectivity index (χ3n) is 2.98. The molecular formula is C16H13Cl3O. The minimum Gasteiger partial charge on any atom is -0.299 e. The van der Waals surface area contributed by atoms with E-state index >= 15 is 0 Å². The van der Waals surface area contributed by atoms with Gasteiger partial charge < -0.3 is 0 Å². The lowest BCUT2D eigenvalue weighted by Crippen LogP contribution is -2.07. The van der Waals surface area contributed by atoms with Crippen molar-refractivity contribution >= 4 is 40.6 Å². The van der Waals surface area contributed by atoms with Crippen molar-refractivity contribution in [2.24, 2.45) is 0 Å². The van der Waals surface area contributed by atoms with Gasteiger partial charge in [-0.2, -0.15) is 0 Å². The molecule has 0 aliphatic carbocycles. The van der Waals surface area contributed by atoms with Gasteiger partial charge in [-0.15, -0.1) is 0 Å². The Morgan fingerprint density at radius 3 is 2.30 bits per heavy atom. The van der Waals surface area contributed by atoms with Gasteiger partial charge in [0.1, 0.15) is 5.78 Å². The highest BCUT2D eigenvalue weighted by molar-refractivity contribution is 6.42. The topological polar surface area (TPSA) is 17.1 Å². The maximum Gasteiger partial charge on any atom is 0.141 e. The Morgan fingerprint density at radius 1 is 0.900 bits per heavy atom. The third-order valence-corrected chi connectivity index (χ3v) is 4.07. The van der Waals surface area contributed by atoms with Gasteiger partial charge in [0.05, 0.1) is 10.0 Å². The third kappa shape index (κ3) is 3.99. The van der Waals surface area contributed by atoms with E-state index in [1.165, 1.54) is 0 Å². The van der Waals surface area contributed by atoms with E-state index in [9.17, 15) is 4.79 Å². The van der Waals surface area contributed by atoms with E-state index < -0.39 is 0 Å². The second-order valence-electron chi connectivity index (χ2n) is 4.74. The molecule has 0 aromatic heterocycles. The molecule has 104 valence electrons. The molecule has 0 unspecified atom stereocenters. The van der Waals surface area contributed by atoms with Gasteiger partial charge in [0.2, 0.25) is 0 Å². The number of hydrogen-bond donors (Lipinski definition) is 0. The highest BCUT2D eigenvalue weighted by Gasteiger charge is 2.09. The monoisotopic (exact) mass is 326 g/mol. The molecule has 4 heteroatoms. The van der Waals surface area contributed by atoms with E-state index in [1.54, 1.807) is 12.1 Å². The van der Waals surface area contributed by atoms with E-state index in [2.05, 4.69) is 0 Å². The lowest BCUT2D eigenvalue weighted by molar-refractivity contribution is -0.117. The van der Waals surface area contributed by atoms with Crippen molar-refractivity contribution in [1.29, 1.82) is 0 Å². The van der Waals surface area contributed by atoms with Crippen LogP contribution in [0, 0.1) is 6.92 Å². The fraction of sp³-hybridized carbons (Fsp3) is 0.188. The molecule has 0 amide bonds. The molecule has 0 heterocycles. The van der Waals surface area contributed by atoms with Gasteiger partial charge in [-0.3, -0.25) is 4.79 Å². The molecule has 0 bridgehead atoms. The lowest BCUT2D eigenvalue weighted by atomic mass is 10.0. The zero-order chi connectivity index (χ0) is 14.7. The SMILES string of the molecule is Cc1ccc(CC(=O)Cc2ccc(Cl)c(Cl)c2)c(Cl)c1. The number of benzene rings is 2. The van der Waals surface area contributed by atoms with Crippen molar-refractivity contribution in [1.82, 2.24) is 0 Å². The van der Waals surface area contributed by atoms with Crippen LogP contribution in [0.5, 0.6) is 0 Å². The molecule has 0 radical (unpaired) electrons. The first-order valence-corrected chi connectivity index (χ1v) is 7.30. The van der Waals surface area contributed by atoms with Crippen LogP contribution >= 0.6 is 34.8 Å². The summed E-state index contributed by atoms with van der Waals surface area (Å²) in [7, 11) is 0. The molecule has 0 spiro atoms. The molecule has 0 aliphatic rings. The van der Waals surface area contributed by atoms with Crippen molar-refractivity contribution < 1.29 is 4.79 Å². The first-order valence-electron chi connectivity index (χ1n) is 6.16. The molecule has 1 nitrogen and oxygen atoms in total. The summed E-state index contributed by atoms with van der Waals surface area (Å²) in [5.74, 6) is 0.0918. The predicted molar refractivity (Wildman–Crippen MR) is 85.1 cm³/mol. The van der Waals surface area contributed by atoms with Crippen LogP contribution in [0.4, 0.5) is 0 Å². The van der Waals surface area contributed by atoms with Crippen LogP contribution in [0.3, 0.4) is 0 Å². The molecule has 0 aliphatic heterocycles. The maximum absolute atomic E-state index is 12.1. The normalized spacial score (nSPS) is 10.6. The first-order chi connectivity index (χ1) is 9.45. The van der Waals surface area contributed by atoms with Crippen LogP contribution in [0.1, 0.15) is 16.7 Å². The van der Waals surface area contributed by atoms with Crippen LogP contribution in [0.15, 0.2) is 36.4 Å². The molecule has 0 N–H and O–H groups in total. The van der Waals surface area contributed by atoms with E-state index in [1.807, 2.05) is 31.2 Å². The zero-order valence-corrected chi connectivity index (χ0v) is 13.2. The Morgan fingerprint density at radius 2 is 1.65 bits per heavy atom. The fourth-order valence-corrected chi connectivity index (χ4v) is 2.57. The van der Waals surface area contributed by atoms with Crippen LogP contribution in [0.25, 0.3) is 0 Å². The summed E-state index contributed by atoms with van der Waals surface area (Å²) in [6.45, 7) is 1.97. The number of Topliss-reactive ketones (excluding diaryl/α,β-unsaturated/α-hetero) is 1. The average Bonchev–Trinajstić information content (AvgIpc) is 2.37. The van der Waals surface area contributed by atoms with Gasteiger partial charge in [0, 0.05) is 17.9 Å². The first kappa shape index (κ1) is 15.4. The Kier molecular flexibility index (Phi) is 5.09. The Bertz CT molecular complexity index is 650. The van der Waals surface area contributed by atoms with Crippen LogP contribution in [-0.2, 0) is 17.6 Å². The highest BCUT2D eigenvalue weighted by atomic mass is 35.5. The maximum atomic E-state index is 12.1. The smallest absolute Gasteiger partial charge is 0.141 e. The molecule has 0 fully saturated rings. The highest BCUT2D eigenvalue weighted by Crippen LogP contribution is 2.23. The minimum absolute atomic E-state index is 0.0918. The van der Waals surface area contributed by atoms with Crippen molar-refractivity contribution in [2.75, 3.05) is 0 Å². The van der Waals surface area contributed by atoms with E-state index in [0.717, 1.165) is 16.7 Å². The van der Waals surface area contributed by atoms with Gasteiger partial charge in [-0.05, 0) is 41.8 Å². The summed E-state index contributed by atoms with van der Waals surface area (Å²) in [5, 5.41) is 1.59. The molecule has 0 saturated heterocycles. The standard InChI is InChI=1S/C16H13Cl3O/c1-10-2-4-12(15(18)6-10)9-13(20)7-11-3-5-14(17)16(19)8-11/h2-6,8H,7,9H2,1H3. The van der Waals surface area contributed by atoms with Crippen molar-refractivity contribution in [3.8, 4) is 0 Å². The quantitative estimate of drug-likeness (QED) is 0.743. The van der Waals surface area contributed by atoms with Gasteiger partial charge in [-0.25, -0.2) is 0 Å². The van der Waals surface area contributed by atoms with Crippen molar-refractivity contribution in [3.05, 3.63) is 68.2 Å². The van der Waals surface area contributed by atoms with E-state index in [-0.39, 0.29) is 5.78 Å². The summed E-state index contributed by atoms with van der Waals surface area (Å²) in [5.41, 5.74) is 2.78. The fourth-order valence-electron chi connectivity index (χ4n) is 1.95. The summed E-state index contributed by atoms with van der Waals surface area (Å²) < 4.78 is 0. The van der Waals surface area contributed by atoms with Gasteiger partial charge in [0.15, 0.2) is 0 Å². The van der Waals surface area contributed by atoms with Crippen molar-refractivity contribution in [2.45, 2.75) is 19.8 Å². The molecule has 20 heavy (non-hydrogen) atoms. The van der Waals surface area contributed by atoms with E-state index in [4.69, 9.17) is 34.8 Å². The number of carbonyl (C=O) groups is 1. The minimum atomic E-state index is 0.0918. The summed E-state index contributed by atoms with van der Waals surface area (Å²) in [6, 6.07) is 10.9. The summed E-state index contributed by atoms with van der Waals surface area (Å²) in [4.78, 5) is 12.1. The second-order valence-corrected chi connectivity index (χ2v) is 5.96. The molecule has 2 aromatic carbocycles. The predicted octanol–water partition coefficient (Wildman–Crippen LogP) is 5.31. The zero-order valence-electron chi connectivity index (χ0n) is 10.9. The van der Waals surface area contributed by atoms with Crippen LogP contribution in [0.2, 0.25) is 15.1 Å². The van der Waals surface area contributed by atoms with Crippen LogP contribution < -0.4 is 0 Å². The largest absolute Gasteiger partial charge is 0.299 e. The van der Waals surface area contributed by atoms with Crippen LogP contribution in [-0.4, -0.2) is 5.78 Å². The van der Waals surface area contributed by atoms with Gasteiger partial charge in [-0.1, -0.05) is 53.0 Å². The molecular weight excluding hydrogens is 315 g/mol.